The summed E-state index contributed by atoms with van der Waals surface area (Å²) in [5.74, 6) is 2.39. The SMILES string of the molecule is O=C(c1ccc2c(c1)N(c1ncc(-c3ccccc3F)cn1)CC21CC1)N1CCSCC1. The number of benzene rings is 2. The average Bonchev–Trinajstić information content (AvgIpc) is 3.56. The summed E-state index contributed by atoms with van der Waals surface area (Å²) in [5.41, 5.74) is 4.32. The van der Waals surface area contributed by atoms with Gasteiger partial charge in [0.05, 0.1) is 0 Å². The van der Waals surface area contributed by atoms with Crippen molar-refractivity contribution in [3.05, 3.63) is 71.8 Å². The molecule has 162 valence electrons. The molecular weight excluding hydrogens is 423 g/mol. The highest BCUT2D eigenvalue weighted by atomic mass is 32.2. The van der Waals surface area contributed by atoms with E-state index in [-0.39, 0.29) is 17.1 Å². The number of halogens is 1. The largest absolute Gasteiger partial charge is 0.337 e. The van der Waals surface area contributed by atoms with E-state index in [4.69, 9.17) is 0 Å². The molecule has 1 saturated carbocycles. The predicted molar refractivity (Wildman–Crippen MR) is 125 cm³/mol. The molecule has 3 heterocycles. The molecule has 5 nitrogen and oxygen atoms in total. The van der Waals surface area contributed by atoms with Gasteiger partial charge < -0.3 is 9.80 Å². The molecule has 1 aromatic heterocycles. The van der Waals surface area contributed by atoms with Crippen molar-refractivity contribution in [2.24, 2.45) is 0 Å². The van der Waals surface area contributed by atoms with Crippen molar-refractivity contribution in [2.75, 3.05) is 36.0 Å². The Bertz CT molecular complexity index is 1190. The zero-order valence-corrected chi connectivity index (χ0v) is 18.4. The van der Waals surface area contributed by atoms with Gasteiger partial charge in [0.2, 0.25) is 5.95 Å². The smallest absolute Gasteiger partial charge is 0.253 e. The Hall–Kier alpha value is -2.93. The lowest BCUT2D eigenvalue weighted by atomic mass is 9.97. The Kier molecular flexibility index (Phi) is 4.68. The highest BCUT2D eigenvalue weighted by Crippen LogP contribution is 2.57. The summed E-state index contributed by atoms with van der Waals surface area (Å²) in [7, 11) is 0. The van der Waals surface area contributed by atoms with E-state index >= 15 is 0 Å². The van der Waals surface area contributed by atoms with E-state index in [1.54, 1.807) is 30.6 Å². The highest BCUT2D eigenvalue weighted by molar-refractivity contribution is 7.99. The lowest BCUT2D eigenvalue weighted by Crippen LogP contribution is -2.37. The first kappa shape index (κ1) is 19.7. The zero-order valence-electron chi connectivity index (χ0n) is 17.6. The maximum Gasteiger partial charge on any atom is 0.253 e. The lowest BCUT2D eigenvalue weighted by molar-refractivity contribution is 0.0772. The molecule has 1 aliphatic carbocycles. The molecule has 0 radical (unpaired) electrons. The summed E-state index contributed by atoms with van der Waals surface area (Å²) in [6.45, 7) is 2.42. The van der Waals surface area contributed by atoms with Crippen LogP contribution in [0.1, 0.15) is 28.8 Å². The lowest BCUT2D eigenvalue weighted by Gasteiger charge is -2.27. The highest BCUT2D eigenvalue weighted by Gasteiger charge is 2.52. The van der Waals surface area contributed by atoms with Crippen LogP contribution in [0.5, 0.6) is 0 Å². The van der Waals surface area contributed by atoms with Crippen molar-refractivity contribution in [2.45, 2.75) is 18.3 Å². The number of anilines is 2. The van der Waals surface area contributed by atoms with Gasteiger partial charge in [0, 0.05) is 71.3 Å². The molecule has 3 aromatic rings. The summed E-state index contributed by atoms with van der Waals surface area (Å²) in [5, 5.41) is 0. The number of fused-ring (bicyclic) bond motifs is 2. The molecule has 6 rings (SSSR count). The first-order valence-electron chi connectivity index (χ1n) is 11.0. The van der Waals surface area contributed by atoms with Gasteiger partial charge in [-0.3, -0.25) is 4.79 Å². The Morgan fingerprint density at radius 1 is 1.03 bits per heavy atom. The average molecular weight is 447 g/mol. The quantitative estimate of drug-likeness (QED) is 0.586. The minimum atomic E-state index is -0.286. The van der Waals surface area contributed by atoms with Crippen LogP contribution >= 0.6 is 11.8 Å². The monoisotopic (exact) mass is 446 g/mol. The molecule has 0 atom stereocenters. The van der Waals surface area contributed by atoms with Crippen molar-refractivity contribution in [3.63, 3.8) is 0 Å². The van der Waals surface area contributed by atoms with Crippen LogP contribution in [0.2, 0.25) is 0 Å². The van der Waals surface area contributed by atoms with Crippen LogP contribution in [-0.2, 0) is 5.41 Å². The van der Waals surface area contributed by atoms with Crippen LogP contribution in [0.15, 0.2) is 54.9 Å². The Labute approximate surface area is 190 Å². The Balaban J connectivity index is 1.33. The van der Waals surface area contributed by atoms with Gasteiger partial charge in [-0.2, -0.15) is 11.8 Å². The number of hydrogen-bond donors (Lipinski definition) is 0. The van der Waals surface area contributed by atoms with Crippen LogP contribution in [0.25, 0.3) is 11.1 Å². The second kappa shape index (κ2) is 7.59. The zero-order chi connectivity index (χ0) is 21.7. The van der Waals surface area contributed by atoms with Crippen LogP contribution in [0, 0.1) is 5.82 Å². The number of rotatable bonds is 3. The van der Waals surface area contributed by atoms with Crippen LogP contribution in [0.4, 0.5) is 16.0 Å². The first-order chi connectivity index (χ1) is 15.6. The fraction of sp³-hybridized carbons (Fsp3) is 0.320. The van der Waals surface area contributed by atoms with E-state index in [1.165, 1.54) is 11.6 Å². The molecule has 0 unspecified atom stereocenters. The third-order valence-electron chi connectivity index (χ3n) is 6.78. The van der Waals surface area contributed by atoms with Crippen molar-refractivity contribution >= 4 is 29.3 Å². The van der Waals surface area contributed by atoms with E-state index in [9.17, 15) is 9.18 Å². The van der Waals surface area contributed by atoms with Gasteiger partial charge in [0.15, 0.2) is 0 Å². The van der Waals surface area contributed by atoms with Gasteiger partial charge in [-0.05, 0) is 36.6 Å². The van der Waals surface area contributed by atoms with E-state index < -0.39 is 0 Å². The van der Waals surface area contributed by atoms with Crippen molar-refractivity contribution < 1.29 is 9.18 Å². The van der Waals surface area contributed by atoms with Gasteiger partial charge in [-0.25, -0.2) is 14.4 Å². The van der Waals surface area contributed by atoms with Gasteiger partial charge in [0.25, 0.3) is 5.91 Å². The van der Waals surface area contributed by atoms with Gasteiger partial charge in [0.1, 0.15) is 5.82 Å². The third-order valence-corrected chi connectivity index (χ3v) is 7.73. The summed E-state index contributed by atoms with van der Waals surface area (Å²) in [6, 6.07) is 12.8. The molecule has 1 spiro atoms. The van der Waals surface area contributed by atoms with Gasteiger partial charge in [-0.15, -0.1) is 0 Å². The standard InChI is InChI=1S/C25H23FN4OS/c26-21-4-2-1-3-19(21)18-14-27-24(28-15-18)30-16-25(7-8-25)20-6-5-17(13-22(20)30)23(31)29-9-11-32-12-10-29/h1-6,13-15H,7-12,16H2. The Morgan fingerprint density at radius 2 is 1.78 bits per heavy atom. The number of amides is 1. The third kappa shape index (κ3) is 3.26. The summed E-state index contributed by atoms with van der Waals surface area (Å²) >= 11 is 1.90. The van der Waals surface area contributed by atoms with E-state index in [0.29, 0.717) is 17.1 Å². The molecule has 2 aromatic carbocycles. The van der Waals surface area contributed by atoms with E-state index in [2.05, 4.69) is 20.9 Å². The van der Waals surface area contributed by atoms with Crippen LogP contribution < -0.4 is 4.90 Å². The van der Waals surface area contributed by atoms with E-state index in [1.807, 2.05) is 28.8 Å². The number of nitrogens with zero attached hydrogens (tertiary/aromatic N) is 4. The predicted octanol–water partition coefficient (Wildman–Crippen LogP) is 4.66. The molecule has 32 heavy (non-hydrogen) atoms. The maximum atomic E-state index is 14.2. The molecular formula is C25H23FN4OS. The molecule has 0 bridgehead atoms. The molecule has 2 aliphatic heterocycles. The topological polar surface area (TPSA) is 49.3 Å². The number of carbonyl (C=O) groups is 1. The normalized spacial score (nSPS) is 18.7. The fourth-order valence-electron chi connectivity index (χ4n) is 4.81. The number of thioether (sulfide) groups is 1. The minimum Gasteiger partial charge on any atom is -0.337 e. The van der Waals surface area contributed by atoms with Crippen LogP contribution in [0.3, 0.4) is 0 Å². The molecule has 1 amide bonds. The van der Waals surface area contributed by atoms with Crippen LogP contribution in [-0.4, -0.2) is 51.9 Å². The summed E-state index contributed by atoms with van der Waals surface area (Å²) in [6.07, 6.45) is 5.64. The van der Waals surface area contributed by atoms with Crippen molar-refractivity contribution in [1.29, 1.82) is 0 Å². The van der Waals surface area contributed by atoms with Crippen molar-refractivity contribution in [3.8, 4) is 11.1 Å². The second-order valence-corrected chi connectivity index (χ2v) is 9.98. The molecule has 1 saturated heterocycles. The maximum absolute atomic E-state index is 14.2. The molecule has 2 fully saturated rings. The summed E-state index contributed by atoms with van der Waals surface area (Å²) < 4.78 is 14.2. The number of carbonyl (C=O) groups excluding carboxylic acids is 1. The second-order valence-electron chi connectivity index (χ2n) is 8.75. The number of hydrogen-bond acceptors (Lipinski definition) is 5. The molecule has 3 aliphatic rings. The Morgan fingerprint density at radius 3 is 2.50 bits per heavy atom. The summed E-state index contributed by atoms with van der Waals surface area (Å²) in [4.78, 5) is 26.3. The van der Waals surface area contributed by atoms with Gasteiger partial charge >= 0.3 is 0 Å². The molecule has 0 N–H and O–H groups in total. The minimum absolute atomic E-state index is 0.0978. The fourth-order valence-corrected chi connectivity index (χ4v) is 5.71. The van der Waals surface area contributed by atoms with E-state index in [0.717, 1.165) is 55.2 Å². The molecule has 7 heteroatoms. The number of aromatic nitrogens is 2. The van der Waals surface area contributed by atoms with Crippen molar-refractivity contribution in [1.82, 2.24) is 14.9 Å². The van der Waals surface area contributed by atoms with Gasteiger partial charge in [-0.1, -0.05) is 24.3 Å². The first-order valence-corrected chi connectivity index (χ1v) is 12.2.